The van der Waals surface area contributed by atoms with Crippen LogP contribution in [0.3, 0.4) is 0 Å². The van der Waals surface area contributed by atoms with Gasteiger partial charge in [0.2, 0.25) is 0 Å². The van der Waals surface area contributed by atoms with Gasteiger partial charge in [-0.15, -0.1) is 23.2 Å². The Morgan fingerprint density at radius 3 is 2.81 bits per heavy atom. The van der Waals surface area contributed by atoms with Gasteiger partial charge in [-0.25, -0.2) is 0 Å². The quantitative estimate of drug-likeness (QED) is 0.254. The normalized spacial score (nSPS) is 15.7. The molecule has 0 saturated carbocycles. The van der Waals surface area contributed by atoms with Crippen molar-refractivity contribution in [2.75, 3.05) is 6.26 Å². The van der Waals surface area contributed by atoms with Gasteiger partial charge in [0.15, 0.2) is 0 Å². The zero-order valence-corrected chi connectivity index (χ0v) is 14.2. The number of pyridine rings is 1. The van der Waals surface area contributed by atoms with E-state index in [0.29, 0.717) is 21.5 Å². The summed E-state index contributed by atoms with van der Waals surface area (Å²) in [5, 5.41) is 8.28. The van der Waals surface area contributed by atoms with Crippen LogP contribution in [-0.4, -0.2) is 15.6 Å². The van der Waals surface area contributed by atoms with Gasteiger partial charge in [-0.3, -0.25) is 4.98 Å². The molecule has 0 aliphatic carbocycles. The van der Waals surface area contributed by atoms with Crippen molar-refractivity contribution in [2.45, 2.75) is 0 Å². The van der Waals surface area contributed by atoms with Crippen molar-refractivity contribution in [1.82, 2.24) is 4.98 Å². The van der Waals surface area contributed by atoms with E-state index in [-0.39, 0.29) is 0 Å². The Morgan fingerprint density at radius 1 is 1.43 bits per heavy atom. The first kappa shape index (κ1) is 18.1. The number of aromatic nitrogens is 1. The molecule has 8 heteroatoms. The van der Waals surface area contributed by atoms with E-state index >= 15 is 0 Å². The van der Waals surface area contributed by atoms with Crippen LogP contribution in [0.2, 0.25) is 0 Å². The van der Waals surface area contributed by atoms with Gasteiger partial charge in [0, 0.05) is 11.9 Å². The molecule has 4 nitrogen and oxygen atoms in total. The molecule has 0 amide bonds. The second-order valence-electron chi connectivity index (χ2n) is 3.45. The Balaban J connectivity index is 0.00000106. The van der Waals surface area contributed by atoms with E-state index in [2.05, 4.69) is 46.0 Å². The van der Waals surface area contributed by atoms with Crippen LogP contribution in [0.5, 0.6) is 0 Å². The summed E-state index contributed by atoms with van der Waals surface area (Å²) in [6.45, 7) is 0. The molecular weight excluding hydrogens is 375 g/mol. The molecule has 0 fully saturated rings. The molecule has 2 rings (SSSR count). The zero-order valence-electron chi connectivity index (χ0n) is 10.9. The van der Waals surface area contributed by atoms with Crippen molar-refractivity contribution in [3.05, 3.63) is 71.0 Å². The van der Waals surface area contributed by atoms with E-state index in [1.165, 1.54) is 11.8 Å². The summed E-state index contributed by atoms with van der Waals surface area (Å²) in [7, 11) is 4.20. The van der Waals surface area contributed by atoms with Crippen LogP contribution in [0.1, 0.15) is 5.69 Å². The van der Waals surface area contributed by atoms with Crippen molar-refractivity contribution in [1.29, 1.82) is 0 Å². The van der Waals surface area contributed by atoms with E-state index < -0.39 is 0 Å². The van der Waals surface area contributed by atoms with Crippen molar-refractivity contribution >= 4 is 44.6 Å². The molecule has 1 aromatic rings. The molecule has 1 aromatic heterocycles. The van der Waals surface area contributed by atoms with Gasteiger partial charge in [-0.05, 0) is 18.4 Å². The molecule has 0 N–H and O–H groups in total. The average Bonchev–Trinajstić information content (AvgIpc) is 2.58. The summed E-state index contributed by atoms with van der Waals surface area (Å²) in [4.78, 5) is 4.28. The summed E-state index contributed by atoms with van der Waals surface area (Å²) in [5.41, 5.74) is 6.23. The number of hydrogen-bond donors (Lipinski definition) is 0. The number of nitrogens with zero attached hydrogens (tertiary/aromatic N) is 4. The van der Waals surface area contributed by atoms with Crippen molar-refractivity contribution < 1.29 is 15.1 Å². The third-order valence-corrected chi connectivity index (χ3v) is 3.23. The maximum atomic E-state index is 5.02. The Bertz CT molecular complexity index is 559. The first-order valence-electron chi connectivity index (χ1n) is 5.62. The molecule has 0 saturated heterocycles. The topological polar surface area (TPSA) is 53.5 Å². The Kier molecular flexibility index (Phi) is 9.21. The van der Waals surface area contributed by atoms with Gasteiger partial charge in [-0.2, -0.15) is 6.20 Å². The fourth-order valence-corrected chi connectivity index (χ4v) is 1.53. The molecular formula is C13H11ClCuN4S2-3. The third kappa shape index (κ3) is 6.11. The molecule has 116 valence electrons. The molecule has 0 radical (unpaired) electrons. The predicted octanol–water partition coefficient (Wildman–Crippen LogP) is 4.45. The van der Waals surface area contributed by atoms with Crippen LogP contribution in [0, 0.1) is 0 Å². The van der Waals surface area contributed by atoms with Crippen LogP contribution in [-0.2, 0) is 27.7 Å². The average molecular weight is 386 g/mol. The predicted molar refractivity (Wildman–Crippen MR) is 90.3 cm³/mol. The Hall–Kier alpha value is -0.981. The van der Waals surface area contributed by atoms with Gasteiger partial charge in [-0.1, -0.05) is 28.7 Å². The van der Waals surface area contributed by atoms with Crippen LogP contribution >= 0.6 is 21.9 Å². The van der Waals surface area contributed by atoms with E-state index in [9.17, 15) is 0 Å². The van der Waals surface area contributed by atoms with Gasteiger partial charge < -0.3 is 28.5 Å². The fraction of sp³-hybridized carbons (Fsp3) is 0.0769. The van der Waals surface area contributed by atoms with Gasteiger partial charge in [0.05, 0.1) is 0 Å². The van der Waals surface area contributed by atoms with E-state index in [1.807, 2.05) is 42.7 Å². The summed E-state index contributed by atoms with van der Waals surface area (Å²) < 4.78 is 0.476. The molecule has 1 aliphatic rings. The van der Waals surface area contributed by atoms with Crippen molar-refractivity contribution in [2.24, 2.45) is 5.10 Å². The standard InChI is InChI=1S/C13H12N4S2.ClH.Cu/c1-19-13(18)17-16-12(10-6-2-4-8-14-10)11-7-3-5-9-15-11;;/h2-9H,1H3,(H-,14,15,17,18);1H;/q-2;;+1/p-2. The molecule has 1 aliphatic heterocycles. The number of thioether (sulfide) groups is 1. The van der Waals surface area contributed by atoms with Crippen LogP contribution in [0.4, 0.5) is 0 Å². The number of halogens is 1. The second kappa shape index (κ2) is 10.7. The molecule has 0 unspecified atom stereocenters. The molecule has 0 aromatic carbocycles. The summed E-state index contributed by atoms with van der Waals surface area (Å²) in [6.07, 6.45) is 10.9. The minimum absolute atomic E-state index is 0.476. The third-order valence-electron chi connectivity index (χ3n) is 2.22. The molecule has 2 heterocycles. The van der Waals surface area contributed by atoms with E-state index in [1.54, 1.807) is 12.4 Å². The van der Waals surface area contributed by atoms with Gasteiger partial charge in [0.1, 0.15) is 0 Å². The Morgan fingerprint density at radius 2 is 2.24 bits per heavy atom. The van der Waals surface area contributed by atoms with Crippen LogP contribution in [0.25, 0.3) is 16.4 Å². The molecule has 0 bridgehead atoms. The molecule has 0 atom stereocenters. The maximum absolute atomic E-state index is 5.02. The summed E-state index contributed by atoms with van der Waals surface area (Å²) in [6, 6.07) is 5.61. The number of rotatable bonds is 3. The van der Waals surface area contributed by atoms with Gasteiger partial charge >= 0.3 is 25.2 Å². The second-order valence-corrected chi connectivity index (χ2v) is 4.89. The van der Waals surface area contributed by atoms with E-state index in [0.717, 1.165) is 0 Å². The SMILES string of the molecule is CS/C([S-])=N/[N-]/C(=C1/C=CC=C[N-]1)c1ccccn1.[Cl][Cu]. The molecule has 21 heavy (non-hydrogen) atoms. The first-order chi connectivity index (χ1) is 10.3. The minimum atomic E-state index is 0.476. The summed E-state index contributed by atoms with van der Waals surface area (Å²) in [5.74, 6) is 0. The number of allylic oxidation sites excluding steroid dienone is 3. The van der Waals surface area contributed by atoms with Crippen molar-refractivity contribution in [3.63, 3.8) is 0 Å². The summed E-state index contributed by atoms with van der Waals surface area (Å²) >= 11 is 10.1. The van der Waals surface area contributed by atoms with Crippen molar-refractivity contribution in [3.8, 4) is 0 Å². The van der Waals surface area contributed by atoms with Crippen LogP contribution < -0.4 is 0 Å². The zero-order chi connectivity index (χ0) is 15.5. The molecule has 0 spiro atoms. The number of hydrogen-bond acceptors (Lipinski definition) is 4. The monoisotopic (exact) mass is 385 g/mol. The first-order valence-corrected chi connectivity index (χ1v) is 8.55. The van der Waals surface area contributed by atoms with Gasteiger partial charge in [0.25, 0.3) is 0 Å². The van der Waals surface area contributed by atoms with E-state index in [4.69, 9.17) is 12.6 Å². The fourth-order valence-electron chi connectivity index (χ4n) is 1.37. The van der Waals surface area contributed by atoms with Crippen LogP contribution in [0.15, 0.2) is 59.6 Å². The Labute approximate surface area is 146 Å².